The van der Waals surface area contributed by atoms with Gasteiger partial charge in [-0.15, -0.1) is 0 Å². The molecule has 2 rings (SSSR count). The van der Waals surface area contributed by atoms with Crippen molar-refractivity contribution in [1.82, 2.24) is 0 Å². The Hall–Kier alpha value is -1.55. The van der Waals surface area contributed by atoms with E-state index < -0.39 is 6.10 Å². The van der Waals surface area contributed by atoms with E-state index in [4.69, 9.17) is 10.5 Å². The van der Waals surface area contributed by atoms with Gasteiger partial charge in [-0.1, -0.05) is 6.07 Å². The molecule has 1 aromatic rings. The Morgan fingerprint density at radius 3 is 3.06 bits per heavy atom. The lowest BCUT2D eigenvalue weighted by atomic mass is 9.99. The van der Waals surface area contributed by atoms with E-state index in [1.807, 2.05) is 25.1 Å². The third kappa shape index (κ3) is 2.34. The number of amides is 1. The second-order valence-corrected chi connectivity index (χ2v) is 4.54. The number of hydrogen-bond donors (Lipinski definition) is 1. The molecule has 0 saturated heterocycles. The van der Waals surface area contributed by atoms with Gasteiger partial charge in [0.2, 0.25) is 0 Å². The molecule has 0 bridgehead atoms. The molecule has 1 atom stereocenters. The van der Waals surface area contributed by atoms with Crippen LogP contribution in [0, 0.1) is 0 Å². The van der Waals surface area contributed by atoms with Crippen molar-refractivity contribution in [3.63, 3.8) is 0 Å². The zero-order valence-electron chi connectivity index (χ0n) is 11.0. The molecule has 0 radical (unpaired) electrons. The molecule has 0 fully saturated rings. The van der Waals surface area contributed by atoms with Crippen LogP contribution >= 0.6 is 0 Å². The molecule has 4 nitrogen and oxygen atoms in total. The Balaban J connectivity index is 2.27. The van der Waals surface area contributed by atoms with Crippen LogP contribution in [0.3, 0.4) is 0 Å². The lowest BCUT2D eigenvalue weighted by Gasteiger charge is -2.32. The van der Waals surface area contributed by atoms with Gasteiger partial charge in [0.25, 0.3) is 5.91 Å². The van der Waals surface area contributed by atoms with Crippen LogP contribution in [0.1, 0.15) is 25.8 Å². The third-order valence-electron chi connectivity index (χ3n) is 3.32. The molecule has 98 valence electrons. The van der Waals surface area contributed by atoms with Crippen LogP contribution in [-0.4, -0.2) is 25.2 Å². The average Bonchev–Trinajstić information content (AvgIpc) is 2.38. The van der Waals surface area contributed by atoms with E-state index in [1.54, 1.807) is 11.8 Å². The quantitative estimate of drug-likeness (QED) is 0.832. The van der Waals surface area contributed by atoms with Gasteiger partial charge in [-0.3, -0.25) is 4.79 Å². The first-order valence-corrected chi connectivity index (χ1v) is 6.45. The van der Waals surface area contributed by atoms with Crippen molar-refractivity contribution in [1.29, 1.82) is 0 Å². The first kappa shape index (κ1) is 12.9. The van der Waals surface area contributed by atoms with E-state index in [0.717, 1.165) is 36.3 Å². The Morgan fingerprint density at radius 2 is 2.33 bits per heavy atom. The van der Waals surface area contributed by atoms with Crippen molar-refractivity contribution in [2.75, 3.05) is 23.8 Å². The summed E-state index contributed by atoms with van der Waals surface area (Å²) in [5, 5.41) is 0. The highest BCUT2D eigenvalue weighted by Gasteiger charge is 2.27. The van der Waals surface area contributed by atoms with E-state index in [-0.39, 0.29) is 5.91 Å². The Kier molecular flexibility index (Phi) is 3.87. The van der Waals surface area contributed by atoms with E-state index in [2.05, 4.69) is 0 Å². The van der Waals surface area contributed by atoms with Crippen molar-refractivity contribution in [2.24, 2.45) is 0 Å². The largest absolute Gasteiger partial charge is 0.398 e. The Bertz CT molecular complexity index is 445. The van der Waals surface area contributed by atoms with Gasteiger partial charge < -0.3 is 15.4 Å². The fourth-order valence-corrected chi connectivity index (χ4v) is 2.42. The predicted octanol–water partition coefficient (Wildman–Crippen LogP) is 1.97. The zero-order valence-corrected chi connectivity index (χ0v) is 11.0. The summed E-state index contributed by atoms with van der Waals surface area (Å²) in [7, 11) is 0. The first-order valence-electron chi connectivity index (χ1n) is 6.45. The number of fused-ring (bicyclic) bond motifs is 1. The summed E-state index contributed by atoms with van der Waals surface area (Å²) in [6.07, 6.45) is 1.49. The van der Waals surface area contributed by atoms with E-state index in [9.17, 15) is 4.79 Å². The van der Waals surface area contributed by atoms with Crippen molar-refractivity contribution in [2.45, 2.75) is 32.8 Å². The maximum Gasteiger partial charge on any atom is 0.255 e. The number of nitrogens with zero attached hydrogens (tertiary/aromatic N) is 1. The van der Waals surface area contributed by atoms with Crippen LogP contribution in [0.4, 0.5) is 11.4 Å². The number of carbonyl (C=O) groups excluding carboxylic acids is 1. The molecule has 0 aromatic heterocycles. The number of rotatable bonds is 3. The topological polar surface area (TPSA) is 55.6 Å². The zero-order chi connectivity index (χ0) is 13.1. The molecular formula is C14H20N2O2. The molecule has 18 heavy (non-hydrogen) atoms. The number of hydrogen-bond acceptors (Lipinski definition) is 3. The molecule has 0 saturated carbocycles. The summed E-state index contributed by atoms with van der Waals surface area (Å²) in [6.45, 7) is 4.98. The molecule has 1 unspecified atom stereocenters. The van der Waals surface area contributed by atoms with Crippen molar-refractivity contribution in [3.05, 3.63) is 23.8 Å². The highest BCUT2D eigenvalue weighted by atomic mass is 16.5. The maximum absolute atomic E-state index is 12.3. The maximum atomic E-state index is 12.3. The van der Waals surface area contributed by atoms with Crippen molar-refractivity contribution >= 4 is 17.3 Å². The number of ether oxygens (including phenoxy) is 1. The Labute approximate surface area is 108 Å². The van der Waals surface area contributed by atoms with Gasteiger partial charge in [-0.2, -0.15) is 0 Å². The molecule has 4 heteroatoms. The number of benzene rings is 1. The molecule has 1 aliphatic heterocycles. The molecule has 0 aliphatic carbocycles. The van der Waals surface area contributed by atoms with Gasteiger partial charge in [0.15, 0.2) is 0 Å². The normalized spacial score (nSPS) is 16.2. The molecule has 1 aromatic carbocycles. The second-order valence-electron chi connectivity index (χ2n) is 4.54. The van der Waals surface area contributed by atoms with Crippen LogP contribution in [0.15, 0.2) is 18.2 Å². The van der Waals surface area contributed by atoms with Crippen LogP contribution in [0.5, 0.6) is 0 Å². The van der Waals surface area contributed by atoms with Crippen LogP contribution in [0.2, 0.25) is 0 Å². The second kappa shape index (κ2) is 5.40. The molecule has 1 amide bonds. The van der Waals surface area contributed by atoms with Crippen LogP contribution < -0.4 is 10.6 Å². The fraction of sp³-hybridized carbons (Fsp3) is 0.500. The van der Waals surface area contributed by atoms with E-state index in [0.29, 0.717) is 6.61 Å². The molecule has 1 heterocycles. The summed E-state index contributed by atoms with van der Waals surface area (Å²) in [5.41, 5.74) is 8.77. The van der Waals surface area contributed by atoms with E-state index >= 15 is 0 Å². The lowest BCUT2D eigenvalue weighted by molar-refractivity contribution is -0.128. The lowest BCUT2D eigenvalue weighted by Crippen LogP contribution is -2.42. The minimum absolute atomic E-state index is 0.0170. The van der Waals surface area contributed by atoms with Gasteiger partial charge in [0.05, 0.1) is 0 Å². The predicted molar refractivity (Wildman–Crippen MR) is 72.6 cm³/mol. The average molecular weight is 248 g/mol. The monoisotopic (exact) mass is 248 g/mol. The Morgan fingerprint density at radius 1 is 1.56 bits per heavy atom. The number of anilines is 2. The van der Waals surface area contributed by atoms with Crippen LogP contribution in [0.25, 0.3) is 0 Å². The summed E-state index contributed by atoms with van der Waals surface area (Å²) in [5.74, 6) is 0.0170. The summed E-state index contributed by atoms with van der Waals surface area (Å²) in [6, 6.07) is 5.74. The standard InChI is InChI=1S/C14H20N2O2/c1-3-18-10(2)14(17)16-9-5-6-11-12(15)7-4-8-13(11)16/h4,7-8,10H,3,5-6,9,15H2,1-2H3. The van der Waals surface area contributed by atoms with E-state index in [1.165, 1.54) is 0 Å². The number of carbonyl (C=O) groups is 1. The number of nitrogen functional groups attached to an aromatic ring is 1. The van der Waals surface area contributed by atoms with Gasteiger partial charge in [-0.25, -0.2) is 0 Å². The van der Waals surface area contributed by atoms with Crippen molar-refractivity contribution < 1.29 is 9.53 Å². The van der Waals surface area contributed by atoms with Crippen molar-refractivity contribution in [3.8, 4) is 0 Å². The van der Waals surface area contributed by atoms with Crippen LogP contribution in [-0.2, 0) is 16.0 Å². The minimum Gasteiger partial charge on any atom is -0.398 e. The molecule has 1 aliphatic rings. The molecular weight excluding hydrogens is 228 g/mol. The van der Waals surface area contributed by atoms with Gasteiger partial charge in [-0.05, 0) is 44.4 Å². The first-order chi connectivity index (χ1) is 8.65. The minimum atomic E-state index is -0.401. The molecule has 0 spiro atoms. The summed E-state index contributed by atoms with van der Waals surface area (Å²) in [4.78, 5) is 14.1. The third-order valence-corrected chi connectivity index (χ3v) is 3.32. The van der Waals surface area contributed by atoms with Gasteiger partial charge in [0.1, 0.15) is 6.10 Å². The fourth-order valence-electron chi connectivity index (χ4n) is 2.42. The summed E-state index contributed by atoms with van der Waals surface area (Å²) >= 11 is 0. The van der Waals surface area contributed by atoms with Gasteiger partial charge in [0, 0.05) is 24.5 Å². The number of nitrogens with two attached hydrogens (primary N) is 1. The highest BCUT2D eigenvalue weighted by Crippen LogP contribution is 2.31. The van der Waals surface area contributed by atoms with Gasteiger partial charge >= 0.3 is 0 Å². The summed E-state index contributed by atoms with van der Waals surface area (Å²) < 4.78 is 5.38. The SMILES string of the molecule is CCOC(C)C(=O)N1CCCc2c(N)cccc21. The molecule has 2 N–H and O–H groups in total. The highest BCUT2D eigenvalue weighted by molar-refractivity contribution is 5.98. The smallest absolute Gasteiger partial charge is 0.255 e.